The van der Waals surface area contributed by atoms with Crippen LogP contribution in [-0.2, 0) is 10.2 Å². The molecule has 3 N–H and O–H groups in total. The number of aromatic hydroxyl groups is 1. The summed E-state index contributed by atoms with van der Waals surface area (Å²) in [5.74, 6) is -0.673. The molecular formula is C12H14O5. The van der Waals surface area contributed by atoms with Crippen LogP contribution in [0.1, 0.15) is 18.4 Å². The second-order valence-corrected chi connectivity index (χ2v) is 4.33. The van der Waals surface area contributed by atoms with Crippen molar-refractivity contribution in [3.05, 3.63) is 23.8 Å². The molecule has 1 aromatic rings. The highest BCUT2D eigenvalue weighted by atomic mass is 16.5. The summed E-state index contributed by atoms with van der Waals surface area (Å²) < 4.78 is 4.94. The number of phenolic OH excluding ortho intramolecular Hbond substituents is 1. The molecule has 1 aliphatic rings. The summed E-state index contributed by atoms with van der Waals surface area (Å²) >= 11 is 0. The Morgan fingerprint density at radius 3 is 2.53 bits per heavy atom. The van der Waals surface area contributed by atoms with Gasteiger partial charge in [0.05, 0.1) is 13.2 Å². The first-order chi connectivity index (χ1) is 7.99. The summed E-state index contributed by atoms with van der Waals surface area (Å²) in [5.41, 5.74) is -0.841. The van der Waals surface area contributed by atoms with Gasteiger partial charge in [-0.15, -0.1) is 0 Å². The van der Waals surface area contributed by atoms with E-state index in [2.05, 4.69) is 0 Å². The van der Waals surface area contributed by atoms with Gasteiger partial charge in [0.25, 0.3) is 0 Å². The molecule has 0 atom stereocenters. The minimum atomic E-state index is -1.17. The summed E-state index contributed by atoms with van der Waals surface area (Å²) in [6, 6.07) is 4.52. The lowest BCUT2D eigenvalue weighted by Gasteiger charge is -2.42. The minimum absolute atomic E-state index is 0.112. The van der Waals surface area contributed by atoms with Crippen molar-refractivity contribution in [2.45, 2.75) is 24.4 Å². The number of aliphatic carboxylic acids is 1. The lowest BCUT2D eigenvalue weighted by molar-refractivity contribution is -0.153. The number of aliphatic hydroxyl groups is 1. The molecule has 0 saturated heterocycles. The van der Waals surface area contributed by atoms with E-state index < -0.39 is 17.5 Å². The van der Waals surface area contributed by atoms with Gasteiger partial charge >= 0.3 is 5.97 Å². The van der Waals surface area contributed by atoms with E-state index in [0.29, 0.717) is 11.3 Å². The third-order valence-corrected chi connectivity index (χ3v) is 3.30. The van der Waals surface area contributed by atoms with Crippen LogP contribution in [0, 0.1) is 0 Å². The number of carboxylic acids is 1. The zero-order chi connectivity index (χ0) is 12.6. The minimum Gasteiger partial charge on any atom is -0.507 e. The highest BCUT2D eigenvalue weighted by Crippen LogP contribution is 2.47. The normalized spacial score (nSPS) is 27.3. The SMILES string of the molecule is COc1ccc(C2(C(=O)O)CC(O)C2)c(O)c1. The molecule has 0 bridgehead atoms. The lowest BCUT2D eigenvalue weighted by atomic mass is 9.62. The number of ether oxygens (including phenoxy) is 1. The third-order valence-electron chi connectivity index (χ3n) is 3.30. The van der Waals surface area contributed by atoms with Gasteiger partial charge in [-0.1, -0.05) is 6.07 Å². The van der Waals surface area contributed by atoms with Crippen LogP contribution in [0.15, 0.2) is 18.2 Å². The highest BCUT2D eigenvalue weighted by molar-refractivity contribution is 5.84. The summed E-state index contributed by atoms with van der Waals surface area (Å²) in [6.07, 6.45) is -0.364. The van der Waals surface area contributed by atoms with Gasteiger partial charge in [-0.2, -0.15) is 0 Å². The molecule has 0 spiro atoms. The second kappa shape index (κ2) is 3.92. The Kier molecular flexibility index (Phi) is 2.71. The van der Waals surface area contributed by atoms with E-state index in [1.54, 1.807) is 6.07 Å². The fraction of sp³-hybridized carbons (Fsp3) is 0.417. The molecule has 1 aliphatic carbocycles. The number of rotatable bonds is 3. The number of benzene rings is 1. The van der Waals surface area contributed by atoms with E-state index in [1.165, 1.54) is 19.2 Å². The molecule has 0 aliphatic heterocycles. The fourth-order valence-corrected chi connectivity index (χ4v) is 2.30. The van der Waals surface area contributed by atoms with Gasteiger partial charge < -0.3 is 20.1 Å². The standard InChI is InChI=1S/C12H14O5/c1-17-8-2-3-9(10(14)4-8)12(11(15)16)5-7(13)6-12/h2-4,7,13-14H,5-6H2,1H3,(H,15,16). The van der Waals surface area contributed by atoms with E-state index in [9.17, 15) is 20.1 Å². The molecule has 1 fully saturated rings. The van der Waals surface area contributed by atoms with Gasteiger partial charge in [-0.05, 0) is 18.9 Å². The molecule has 5 nitrogen and oxygen atoms in total. The Morgan fingerprint density at radius 2 is 2.12 bits per heavy atom. The quantitative estimate of drug-likeness (QED) is 0.727. The summed E-state index contributed by atoms with van der Waals surface area (Å²) in [5, 5.41) is 28.4. The van der Waals surface area contributed by atoms with Crippen molar-refractivity contribution in [3.8, 4) is 11.5 Å². The van der Waals surface area contributed by atoms with Gasteiger partial charge in [-0.3, -0.25) is 4.79 Å². The average Bonchev–Trinajstić information content (AvgIpc) is 2.24. The Labute approximate surface area is 98.3 Å². The van der Waals surface area contributed by atoms with Gasteiger partial charge in [0.15, 0.2) is 0 Å². The Bertz CT molecular complexity index is 448. The van der Waals surface area contributed by atoms with Crippen molar-refractivity contribution in [1.82, 2.24) is 0 Å². The van der Waals surface area contributed by atoms with Gasteiger partial charge in [0.2, 0.25) is 0 Å². The molecular weight excluding hydrogens is 224 g/mol. The molecule has 5 heteroatoms. The molecule has 0 radical (unpaired) electrons. The highest BCUT2D eigenvalue weighted by Gasteiger charge is 2.52. The van der Waals surface area contributed by atoms with E-state index in [0.717, 1.165) is 0 Å². The predicted molar refractivity (Wildman–Crippen MR) is 59.2 cm³/mol. The molecule has 92 valence electrons. The maximum Gasteiger partial charge on any atom is 0.314 e. The topological polar surface area (TPSA) is 87.0 Å². The molecule has 0 aromatic heterocycles. The number of methoxy groups -OCH3 is 1. The zero-order valence-electron chi connectivity index (χ0n) is 9.38. The van der Waals surface area contributed by atoms with Gasteiger partial charge in [-0.25, -0.2) is 0 Å². The second-order valence-electron chi connectivity index (χ2n) is 4.33. The molecule has 0 amide bonds. The molecule has 2 rings (SSSR count). The van der Waals surface area contributed by atoms with Crippen LogP contribution in [0.25, 0.3) is 0 Å². The molecule has 0 heterocycles. The first-order valence-corrected chi connectivity index (χ1v) is 5.28. The summed E-state index contributed by atoms with van der Waals surface area (Å²) in [4.78, 5) is 11.3. The third kappa shape index (κ3) is 1.72. The summed E-state index contributed by atoms with van der Waals surface area (Å²) in [7, 11) is 1.47. The van der Waals surface area contributed by atoms with Crippen molar-refractivity contribution in [2.24, 2.45) is 0 Å². The van der Waals surface area contributed by atoms with Crippen molar-refractivity contribution >= 4 is 5.97 Å². The van der Waals surface area contributed by atoms with Crippen LogP contribution in [0.5, 0.6) is 11.5 Å². The van der Waals surface area contributed by atoms with Crippen molar-refractivity contribution in [2.75, 3.05) is 7.11 Å². The maximum atomic E-state index is 11.3. The monoisotopic (exact) mass is 238 g/mol. The van der Waals surface area contributed by atoms with Crippen molar-refractivity contribution in [3.63, 3.8) is 0 Å². The first-order valence-electron chi connectivity index (χ1n) is 5.28. The van der Waals surface area contributed by atoms with E-state index in [-0.39, 0.29) is 18.6 Å². The van der Waals surface area contributed by atoms with E-state index in [4.69, 9.17) is 4.74 Å². The lowest BCUT2D eigenvalue weighted by Crippen LogP contribution is -2.50. The molecule has 1 aromatic carbocycles. The Balaban J connectivity index is 2.42. The number of phenols is 1. The number of hydrogen-bond acceptors (Lipinski definition) is 4. The van der Waals surface area contributed by atoms with Crippen LogP contribution < -0.4 is 4.74 Å². The van der Waals surface area contributed by atoms with Gasteiger partial charge in [0, 0.05) is 11.6 Å². The Hall–Kier alpha value is -1.75. The van der Waals surface area contributed by atoms with Crippen molar-refractivity contribution < 1.29 is 24.9 Å². The van der Waals surface area contributed by atoms with E-state index in [1.807, 2.05) is 0 Å². The van der Waals surface area contributed by atoms with Crippen LogP contribution >= 0.6 is 0 Å². The van der Waals surface area contributed by atoms with Crippen LogP contribution in [0.3, 0.4) is 0 Å². The number of carboxylic acid groups (broad SMARTS) is 1. The Morgan fingerprint density at radius 1 is 1.47 bits per heavy atom. The number of aliphatic hydroxyl groups excluding tert-OH is 1. The predicted octanol–water partition coefficient (Wildman–Crippen LogP) is 0.878. The maximum absolute atomic E-state index is 11.3. The largest absolute Gasteiger partial charge is 0.507 e. The van der Waals surface area contributed by atoms with Crippen LogP contribution in [0.4, 0.5) is 0 Å². The number of carbonyl (C=O) groups is 1. The fourth-order valence-electron chi connectivity index (χ4n) is 2.30. The molecule has 1 saturated carbocycles. The average molecular weight is 238 g/mol. The first kappa shape index (κ1) is 11.7. The van der Waals surface area contributed by atoms with Crippen LogP contribution in [-0.4, -0.2) is 34.5 Å². The number of hydrogen-bond donors (Lipinski definition) is 3. The van der Waals surface area contributed by atoms with Gasteiger partial charge in [0.1, 0.15) is 16.9 Å². The molecule has 0 unspecified atom stereocenters. The van der Waals surface area contributed by atoms with Crippen molar-refractivity contribution in [1.29, 1.82) is 0 Å². The smallest absolute Gasteiger partial charge is 0.314 e. The zero-order valence-corrected chi connectivity index (χ0v) is 9.38. The van der Waals surface area contributed by atoms with Crippen LogP contribution in [0.2, 0.25) is 0 Å². The van der Waals surface area contributed by atoms with E-state index >= 15 is 0 Å². The molecule has 17 heavy (non-hydrogen) atoms. The summed E-state index contributed by atoms with van der Waals surface area (Å²) in [6.45, 7) is 0.